The summed E-state index contributed by atoms with van der Waals surface area (Å²) >= 11 is 0. The van der Waals surface area contributed by atoms with E-state index in [1.165, 1.54) is 37.4 Å². The van der Waals surface area contributed by atoms with Gasteiger partial charge in [-0.15, -0.1) is 0 Å². The van der Waals surface area contributed by atoms with E-state index in [0.29, 0.717) is 11.0 Å². The van der Waals surface area contributed by atoms with E-state index in [0.717, 1.165) is 24.3 Å². The summed E-state index contributed by atoms with van der Waals surface area (Å²) in [5.74, 6) is -1.32. The zero-order valence-corrected chi connectivity index (χ0v) is 16.8. The number of benzene rings is 2. The molecule has 0 fully saturated rings. The Balaban J connectivity index is 1.75. The lowest BCUT2D eigenvalue weighted by molar-refractivity contribution is -0.114. The van der Waals surface area contributed by atoms with E-state index in [1.54, 1.807) is 0 Å². The summed E-state index contributed by atoms with van der Waals surface area (Å²) in [7, 11) is -4.11. The maximum absolute atomic E-state index is 14.6. The third kappa shape index (κ3) is 4.21. The summed E-state index contributed by atoms with van der Waals surface area (Å²) in [6.07, 6.45) is 1.34. The minimum atomic E-state index is -4.11. The van der Waals surface area contributed by atoms with Gasteiger partial charge in [0.1, 0.15) is 17.5 Å². The number of rotatable bonds is 5. The van der Waals surface area contributed by atoms with Crippen LogP contribution in [0.5, 0.6) is 0 Å². The van der Waals surface area contributed by atoms with Gasteiger partial charge >= 0.3 is 0 Å². The van der Waals surface area contributed by atoms with Gasteiger partial charge in [-0.3, -0.25) is 14.6 Å². The fraction of sp³-hybridized carbons (Fsp3) is 0.0500. The number of hydrogen-bond acceptors (Lipinski definition) is 5. The molecule has 0 saturated carbocycles. The van der Waals surface area contributed by atoms with Crippen molar-refractivity contribution in [2.45, 2.75) is 11.8 Å². The summed E-state index contributed by atoms with van der Waals surface area (Å²) in [5.41, 5.74) is 0.587. The third-order valence-electron chi connectivity index (χ3n) is 4.35. The Labute approximate surface area is 175 Å². The number of pyridine rings is 1. The van der Waals surface area contributed by atoms with Crippen molar-refractivity contribution in [1.82, 2.24) is 15.2 Å². The van der Waals surface area contributed by atoms with E-state index in [1.807, 2.05) is 0 Å². The predicted octanol–water partition coefficient (Wildman–Crippen LogP) is 3.66. The highest BCUT2D eigenvalue weighted by atomic mass is 32.2. The van der Waals surface area contributed by atoms with E-state index >= 15 is 0 Å². The number of amides is 1. The van der Waals surface area contributed by atoms with Gasteiger partial charge in [-0.25, -0.2) is 22.2 Å². The molecule has 3 N–H and O–H groups in total. The first kappa shape index (κ1) is 20.4. The van der Waals surface area contributed by atoms with Gasteiger partial charge in [0.15, 0.2) is 5.65 Å². The lowest BCUT2D eigenvalue weighted by Gasteiger charge is -2.11. The minimum Gasteiger partial charge on any atom is -0.311 e. The first-order valence-corrected chi connectivity index (χ1v) is 10.4. The summed E-state index contributed by atoms with van der Waals surface area (Å²) in [6.45, 7) is 1.32. The number of halogens is 2. The molecule has 31 heavy (non-hydrogen) atoms. The first-order valence-electron chi connectivity index (χ1n) is 8.93. The molecule has 0 saturated heterocycles. The van der Waals surface area contributed by atoms with Crippen LogP contribution in [0.4, 0.5) is 20.3 Å². The molecule has 0 spiro atoms. The monoisotopic (exact) mass is 443 g/mol. The number of sulfonamides is 1. The molecule has 11 heteroatoms. The molecule has 0 radical (unpaired) electrons. The van der Waals surface area contributed by atoms with E-state index in [4.69, 9.17) is 0 Å². The number of H-pyrrole nitrogens is 1. The van der Waals surface area contributed by atoms with Crippen LogP contribution in [0, 0.1) is 11.6 Å². The van der Waals surface area contributed by atoms with Crippen LogP contribution in [0.3, 0.4) is 0 Å². The second kappa shape index (κ2) is 7.76. The van der Waals surface area contributed by atoms with Gasteiger partial charge in [0.25, 0.3) is 10.0 Å². The second-order valence-electron chi connectivity index (χ2n) is 6.63. The first-order chi connectivity index (χ1) is 14.7. The lowest BCUT2D eigenvalue weighted by Crippen LogP contribution is -2.13. The van der Waals surface area contributed by atoms with Crippen molar-refractivity contribution >= 4 is 38.5 Å². The van der Waals surface area contributed by atoms with Crippen molar-refractivity contribution in [2.75, 3.05) is 10.0 Å². The highest BCUT2D eigenvalue weighted by molar-refractivity contribution is 7.92. The van der Waals surface area contributed by atoms with Crippen molar-refractivity contribution in [3.05, 3.63) is 66.4 Å². The average Bonchev–Trinajstić information content (AvgIpc) is 3.09. The molecule has 158 valence electrons. The number of carbonyl (C=O) groups excluding carboxylic acids is 1. The van der Waals surface area contributed by atoms with Gasteiger partial charge in [0.2, 0.25) is 5.91 Å². The molecule has 0 atom stereocenters. The van der Waals surface area contributed by atoms with E-state index in [-0.39, 0.29) is 33.4 Å². The molecule has 4 rings (SSSR count). The largest absolute Gasteiger partial charge is 0.311 e. The van der Waals surface area contributed by atoms with E-state index in [9.17, 15) is 22.0 Å². The zero-order valence-electron chi connectivity index (χ0n) is 16.0. The highest BCUT2D eigenvalue weighted by Gasteiger charge is 2.19. The van der Waals surface area contributed by atoms with Crippen LogP contribution in [-0.4, -0.2) is 29.5 Å². The number of hydrogen-bond donors (Lipinski definition) is 3. The molecule has 2 aromatic carbocycles. The predicted molar refractivity (Wildman–Crippen MR) is 111 cm³/mol. The number of nitrogens with zero attached hydrogens (tertiary/aromatic N) is 2. The number of carbonyl (C=O) groups is 1. The number of aromatic amines is 1. The Kier molecular flexibility index (Phi) is 5.11. The Bertz CT molecular complexity index is 1420. The van der Waals surface area contributed by atoms with E-state index in [2.05, 4.69) is 25.2 Å². The van der Waals surface area contributed by atoms with Crippen molar-refractivity contribution in [3.63, 3.8) is 0 Å². The summed E-state index contributed by atoms with van der Waals surface area (Å²) in [4.78, 5) is 15.3. The minimum absolute atomic E-state index is 0.0218. The van der Waals surface area contributed by atoms with Crippen LogP contribution < -0.4 is 10.0 Å². The van der Waals surface area contributed by atoms with Crippen molar-refractivity contribution in [3.8, 4) is 11.1 Å². The SMILES string of the molecule is CC(=O)Nc1[nH]nc2ncc(-c3cc(S(=O)(=O)Nc4cccc(F)c4)ccc3F)cc12. The number of aromatic nitrogens is 3. The second-order valence-corrected chi connectivity index (χ2v) is 8.31. The number of anilines is 2. The summed E-state index contributed by atoms with van der Waals surface area (Å²) in [5, 5.41) is 9.58. The van der Waals surface area contributed by atoms with Gasteiger partial charge in [-0.1, -0.05) is 6.07 Å². The Morgan fingerprint density at radius 2 is 1.90 bits per heavy atom. The molecule has 4 aromatic rings. The highest BCUT2D eigenvalue weighted by Crippen LogP contribution is 2.30. The fourth-order valence-electron chi connectivity index (χ4n) is 2.98. The zero-order chi connectivity index (χ0) is 22.2. The number of nitrogens with one attached hydrogen (secondary N) is 3. The van der Waals surface area contributed by atoms with Crippen LogP contribution in [0.1, 0.15) is 6.92 Å². The standard InChI is InChI=1S/C20H15F2N5O3S/c1-11(28)24-20-17-7-12(10-23-19(17)25-26-20)16-9-15(5-6-18(16)22)31(29,30)27-14-4-2-3-13(21)8-14/h2-10,27H,1H3,(H2,23,24,25,26,28). The molecular formula is C20H15F2N5O3S. The topological polar surface area (TPSA) is 117 Å². The molecular weight excluding hydrogens is 428 g/mol. The van der Waals surface area contributed by atoms with Gasteiger partial charge in [-0.05, 0) is 42.5 Å². The molecule has 8 nitrogen and oxygen atoms in total. The fourth-order valence-corrected chi connectivity index (χ4v) is 4.05. The Hall–Kier alpha value is -3.86. The third-order valence-corrected chi connectivity index (χ3v) is 5.73. The summed E-state index contributed by atoms with van der Waals surface area (Å²) in [6, 6.07) is 9.78. The normalized spacial score (nSPS) is 11.5. The van der Waals surface area contributed by atoms with Crippen LogP contribution in [0.2, 0.25) is 0 Å². The average molecular weight is 443 g/mol. The summed E-state index contributed by atoms with van der Waals surface area (Å²) < 4.78 is 55.6. The Morgan fingerprint density at radius 1 is 1.10 bits per heavy atom. The molecule has 0 unspecified atom stereocenters. The van der Waals surface area contributed by atoms with E-state index < -0.39 is 21.7 Å². The number of fused-ring (bicyclic) bond motifs is 1. The van der Waals surface area contributed by atoms with Gasteiger partial charge in [0, 0.05) is 24.2 Å². The maximum atomic E-state index is 14.6. The molecule has 0 aliphatic carbocycles. The maximum Gasteiger partial charge on any atom is 0.261 e. The van der Waals surface area contributed by atoms with Crippen LogP contribution in [0.25, 0.3) is 22.2 Å². The van der Waals surface area contributed by atoms with Crippen LogP contribution in [0.15, 0.2) is 59.6 Å². The molecule has 0 aliphatic heterocycles. The smallest absolute Gasteiger partial charge is 0.261 e. The van der Waals surface area contributed by atoms with Crippen LogP contribution in [-0.2, 0) is 14.8 Å². The quantitative estimate of drug-likeness (QED) is 0.435. The lowest BCUT2D eigenvalue weighted by atomic mass is 10.1. The molecule has 2 aromatic heterocycles. The van der Waals surface area contributed by atoms with Crippen molar-refractivity contribution in [2.24, 2.45) is 0 Å². The molecule has 0 bridgehead atoms. The van der Waals surface area contributed by atoms with Gasteiger partial charge in [-0.2, -0.15) is 5.10 Å². The van der Waals surface area contributed by atoms with Crippen molar-refractivity contribution < 1.29 is 22.0 Å². The molecule has 0 aliphatic rings. The van der Waals surface area contributed by atoms with Crippen molar-refractivity contribution in [1.29, 1.82) is 0 Å². The van der Waals surface area contributed by atoms with Gasteiger partial charge in [0.05, 0.1) is 16.0 Å². The molecule has 1 amide bonds. The van der Waals surface area contributed by atoms with Crippen LogP contribution >= 0.6 is 0 Å². The Morgan fingerprint density at radius 3 is 2.65 bits per heavy atom. The van der Waals surface area contributed by atoms with Gasteiger partial charge < -0.3 is 5.32 Å². The molecule has 2 heterocycles.